The number of halogens is 2. The molecule has 2 unspecified atom stereocenters. The highest BCUT2D eigenvalue weighted by Crippen LogP contribution is 2.21. The van der Waals surface area contributed by atoms with Crippen LogP contribution >= 0.6 is 11.6 Å². The summed E-state index contributed by atoms with van der Waals surface area (Å²) >= 11 is 5.57. The summed E-state index contributed by atoms with van der Waals surface area (Å²) in [6, 6.07) is 5.66. The summed E-state index contributed by atoms with van der Waals surface area (Å²) in [6.07, 6.45) is -3.99. The molecule has 0 spiro atoms. The monoisotopic (exact) mass is 218 g/mol. The number of hydrogen-bond donors (Lipinski definition) is 2. The van der Waals surface area contributed by atoms with E-state index in [2.05, 4.69) is 0 Å². The second-order valence-electron chi connectivity index (χ2n) is 2.74. The minimum atomic E-state index is -2.32. The first-order valence-corrected chi connectivity index (χ1v) is 4.20. The van der Waals surface area contributed by atoms with Crippen molar-refractivity contribution in [1.29, 1.82) is 0 Å². The summed E-state index contributed by atoms with van der Waals surface area (Å²) < 4.78 is 12.8. The van der Waals surface area contributed by atoms with E-state index in [1.807, 2.05) is 0 Å². The van der Waals surface area contributed by atoms with Crippen LogP contribution in [0.1, 0.15) is 11.7 Å². The molecule has 0 aliphatic carbocycles. The second-order valence-corrected chi connectivity index (χ2v) is 3.17. The highest BCUT2D eigenvalue weighted by Gasteiger charge is 2.26. The molecule has 0 amide bonds. The van der Waals surface area contributed by atoms with E-state index in [9.17, 15) is 14.3 Å². The van der Waals surface area contributed by atoms with E-state index in [-0.39, 0.29) is 5.56 Å². The number of carboxylic acids is 1. The Morgan fingerprint density at radius 2 is 1.86 bits per heavy atom. The van der Waals surface area contributed by atoms with E-state index in [0.717, 1.165) is 0 Å². The molecule has 0 aliphatic heterocycles. The molecule has 0 fully saturated rings. The predicted molar refractivity (Wildman–Crippen MR) is 48.9 cm³/mol. The summed E-state index contributed by atoms with van der Waals surface area (Å²) in [5.74, 6) is -1.69. The van der Waals surface area contributed by atoms with E-state index in [0.29, 0.717) is 5.02 Å². The minimum absolute atomic E-state index is 0.185. The highest BCUT2D eigenvalue weighted by molar-refractivity contribution is 6.30. The van der Waals surface area contributed by atoms with Gasteiger partial charge in [-0.05, 0) is 17.7 Å². The van der Waals surface area contributed by atoms with Gasteiger partial charge in [0.15, 0.2) is 0 Å². The molecule has 0 aromatic heterocycles. The average molecular weight is 219 g/mol. The predicted octanol–water partition coefficient (Wildman–Crippen LogP) is 1.80. The van der Waals surface area contributed by atoms with Crippen molar-refractivity contribution in [1.82, 2.24) is 0 Å². The van der Waals surface area contributed by atoms with Gasteiger partial charge in [-0.2, -0.15) is 0 Å². The van der Waals surface area contributed by atoms with Crippen LogP contribution in [-0.2, 0) is 4.79 Å². The quantitative estimate of drug-likeness (QED) is 0.813. The van der Waals surface area contributed by atoms with Crippen LogP contribution < -0.4 is 0 Å². The van der Waals surface area contributed by atoms with Crippen molar-refractivity contribution >= 4 is 17.6 Å². The molecular weight excluding hydrogens is 211 g/mol. The zero-order valence-electron chi connectivity index (χ0n) is 7.02. The van der Waals surface area contributed by atoms with E-state index in [4.69, 9.17) is 16.7 Å². The molecule has 5 heteroatoms. The van der Waals surface area contributed by atoms with Gasteiger partial charge in [-0.15, -0.1) is 0 Å². The van der Waals surface area contributed by atoms with Gasteiger partial charge in [-0.3, -0.25) is 0 Å². The number of alkyl halides is 1. The smallest absolute Gasteiger partial charge is 0.341 e. The third-order valence-electron chi connectivity index (χ3n) is 1.72. The van der Waals surface area contributed by atoms with Gasteiger partial charge in [0.25, 0.3) is 0 Å². The van der Waals surface area contributed by atoms with Gasteiger partial charge in [0.2, 0.25) is 6.17 Å². The Morgan fingerprint density at radius 3 is 2.29 bits per heavy atom. The lowest BCUT2D eigenvalue weighted by molar-refractivity contribution is -0.147. The molecule has 1 aromatic carbocycles. The molecule has 1 aromatic rings. The van der Waals surface area contributed by atoms with Crippen molar-refractivity contribution in [3.63, 3.8) is 0 Å². The van der Waals surface area contributed by atoms with Crippen molar-refractivity contribution in [3.8, 4) is 0 Å². The van der Waals surface area contributed by atoms with Gasteiger partial charge < -0.3 is 10.2 Å². The van der Waals surface area contributed by atoms with Crippen LogP contribution in [0.4, 0.5) is 4.39 Å². The van der Waals surface area contributed by atoms with Crippen LogP contribution in [0.3, 0.4) is 0 Å². The normalized spacial score (nSPS) is 14.8. The SMILES string of the molecule is O=C(O)C(F)C(O)c1ccc(Cl)cc1. The highest BCUT2D eigenvalue weighted by atomic mass is 35.5. The van der Waals surface area contributed by atoms with Crippen LogP contribution in [-0.4, -0.2) is 22.4 Å². The third kappa shape index (κ3) is 2.43. The van der Waals surface area contributed by atoms with Crippen LogP contribution in [0.15, 0.2) is 24.3 Å². The summed E-state index contributed by atoms with van der Waals surface area (Å²) in [4.78, 5) is 10.2. The molecule has 14 heavy (non-hydrogen) atoms. The van der Waals surface area contributed by atoms with Crippen molar-refractivity contribution in [2.45, 2.75) is 12.3 Å². The second kappa shape index (κ2) is 4.39. The minimum Gasteiger partial charge on any atom is -0.479 e. The Kier molecular flexibility index (Phi) is 3.43. The van der Waals surface area contributed by atoms with E-state index < -0.39 is 18.2 Å². The lowest BCUT2D eigenvalue weighted by Gasteiger charge is -2.11. The number of aliphatic hydroxyl groups excluding tert-OH is 1. The first-order valence-electron chi connectivity index (χ1n) is 3.83. The largest absolute Gasteiger partial charge is 0.479 e. The van der Waals surface area contributed by atoms with E-state index in [1.165, 1.54) is 24.3 Å². The van der Waals surface area contributed by atoms with Gasteiger partial charge in [-0.25, -0.2) is 9.18 Å². The van der Waals surface area contributed by atoms with E-state index >= 15 is 0 Å². The van der Waals surface area contributed by atoms with Gasteiger partial charge in [-0.1, -0.05) is 23.7 Å². The van der Waals surface area contributed by atoms with Crippen molar-refractivity contribution in [2.24, 2.45) is 0 Å². The zero-order chi connectivity index (χ0) is 10.7. The van der Waals surface area contributed by atoms with Gasteiger partial charge >= 0.3 is 5.97 Å². The fraction of sp³-hybridized carbons (Fsp3) is 0.222. The molecule has 0 bridgehead atoms. The van der Waals surface area contributed by atoms with Gasteiger partial charge in [0, 0.05) is 5.02 Å². The molecule has 2 N–H and O–H groups in total. The first-order chi connectivity index (χ1) is 6.52. The molecule has 0 radical (unpaired) electrons. The maximum absolute atomic E-state index is 12.8. The van der Waals surface area contributed by atoms with E-state index in [1.54, 1.807) is 0 Å². The fourth-order valence-electron chi connectivity index (χ4n) is 0.964. The lowest BCUT2D eigenvalue weighted by Crippen LogP contribution is -2.23. The Labute approximate surface area is 84.7 Å². The van der Waals surface area contributed by atoms with Crippen LogP contribution in [0.5, 0.6) is 0 Å². The summed E-state index contributed by atoms with van der Waals surface area (Å²) in [6.45, 7) is 0. The Balaban J connectivity index is 2.84. The summed E-state index contributed by atoms with van der Waals surface area (Å²) in [5, 5.41) is 18.0. The maximum Gasteiger partial charge on any atom is 0.341 e. The standard InChI is InChI=1S/C9H8ClFO3/c10-6-3-1-5(2-4-6)8(12)7(11)9(13)14/h1-4,7-8,12H,(H,13,14). The lowest BCUT2D eigenvalue weighted by atomic mass is 10.1. The molecule has 76 valence electrons. The number of aliphatic hydroxyl groups is 1. The number of rotatable bonds is 3. The topological polar surface area (TPSA) is 57.5 Å². The number of aliphatic carboxylic acids is 1. The Morgan fingerprint density at radius 1 is 1.36 bits per heavy atom. The Hall–Kier alpha value is -1.13. The third-order valence-corrected chi connectivity index (χ3v) is 1.98. The molecule has 0 saturated carbocycles. The molecule has 0 aliphatic rings. The molecule has 2 atom stereocenters. The number of carboxylic acid groups (broad SMARTS) is 1. The fourth-order valence-corrected chi connectivity index (χ4v) is 1.09. The summed E-state index contributed by atoms with van der Waals surface area (Å²) in [7, 11) is 0. The Bertz CT molecular complexity index is 325. The number of carbonyl (C=O) groups is 1. The van der Waals surface area contributed by atoms with Gasteiger partial charge in [0.1, 0.15) is 6.10 Å². The van der Waals surface area contributed by atoms with Crippen molar-refractivity contribution in [3.05, 3.63) is 34.9 Å². The number of benzene rings is 1. The number of hydrogen-bond acceptors (Lipinski definition) is 2. The maximum atomic E-state index is 12.8. The summed E-state index contributed by atoms with van der Waals surface area (Å²) in [5.41, 5.74) is 0.185. The van der Waals surface area contributed by atoms with Gasteiger partial charge in [0.05, 0.1) is 0 Å². The van der Waals surface area contributed by atoms with Crippen LogP contribution in [0.2, 0.25) is 5.02 Å². The van der Waals surface area contributed by atoms with Crippen molar-refractivity contribution < 1.29 is 19.4 Å². The molecule has 1 rings (SSSR count). The molecule has 0 saturated heterocycles. The molecular formula is C9H8ClFO3. The zero-order valence-corrected chi connectivity index (χ0v) is 7.78. The molecule has 0 heterocycles. The molecule has 3 nitrogen and oxygen atoms in total. The van der Waals surface area contributed by atoms with Crippen LogP contribution in [0, 0.1) is 0 Å². The average Bonchev–Trinajstić information content (AvgIpc) is 2.16. The first kappa shape index (κ1) is 10.9. The van der Waals surface area contributed by atoms with Crippen molar-refractivity contribution in [2.75, 3.05) is 0 Å². The van der Waals surface area contributed by atoms with Crippen LogP contribution in [0.25, 0.3) is 0 Å².